The van der Waals surface area contributed by atoms with E-state index in [1.54, 1.807) is 12.1 Å². The fourth-order valence-electron chi connectivity index (χ4n) is 1.86. The summed E-state index contributed by atoms with van der Waals surface area (Å²) in [6, 6.07) is 15.1. The van der Waals surface area contributed by atoms with Crippen LogP contribution in [0.1, 0.15) is 0 Å². The van der Waals surface area contributed by atoms with Crippen molar-refractivity contribution in [3.8, 4) is 11.4 Å². The van der Waals surface area contributed by atoms with Crippen LogP contribution in [0.15, 0.2) is 53.3 Å². The maximum atomic E-state index is 9.44. The van der Waals surface area contributed by atoms with Gasteiger partial charge in [0.1, 0.15) is 5.75 Å². The normalized spacial score (nSPS) is 10.9. The van der Waals surface area contributed by atoms with Crippen LogP contribution in [0, 0.1) is 0 Å². The summed E-state index contributed by atoms with van der Waals surface area (Å²) in [5.74, 6) is 0.225. The van der Waals surface area contributed by atoms with Crippen LogP contribution in [0.5, 0.6) is 5.75 Å². The smallest absolute Gasteiger partial charge is 0.182 e. The van der Waals surface area contributed by atoms with Gasteiger partial charge in [-0.25, -0.2) is 4.98 Å². The Morgan fingerprint density at radius 3 is 2.59 bits per heavy atom. The van der Waals surface area contributed by atoms with Gasteiger partial charge in [0.25, 0.3) is 0 Å². The molecule has 4 heteroatoms. The monoisotopic (exact) mass is 288 g/mol. The Balaban J connectivity index is 2.33. The molecule has 0 aliphatic heterocycles. The van der Waals surface area contributed by atoms with Crippen LogP contribution in [0.2, 0.25) is 0 Å². The van der Waals surface area contributed by atoms with Gasteiger partial charge >= 0.3 is 0 Å². The molecule has 1 aromatic heterocycles. The van der Waals surface area contributed by atoms with Crippen molar-refractivity contribution < 1.29 is 5.11 Å². The molecular formula is C13H9BrN2O. The fraction of sp³-hybridized carbons (Fsp3) is 0. The van der Waals surface area contributed by atoms with Gasteiger partial charge in [-0.2, -0.15) is 0 Å². The minimum absolute atomic E-state index is 0.225. The molecular weight excluding hydrogens is 280 g/mol. The van der Waals surface area contributed by atoms with Crippen molar-refractivity contribution in [1.29, 1.82) is 0 Å². The molecule has 0 bridgehead atoms. The lowest BCUT2D eigenvalue weighted by Gasteiger charge is -2.05. The summed E-state index contributed by atoms with van der Waals surface area (Å²) >= 11 is 3.44. The number of rotatable bonds is 1. The molecule has 3 nitrogen and oxygen atoms in total. The topological polar surface area (TPSA) is 38.1 Å². The minimum atomic E-state index is 0.225. The van der Waals surface area contributed by atoms with Crippen molar-refractivity contribution in [1.82, 2.24) is 9.55 Å². The summed E-state index contributed by atoms with van der Waals surface area (Å²) in [6.07, 6.45) is 0. The second kappa shape index (κ2) is 3.89. The predicted molar refractivity (Wildman–Crippen MR) is 70.4 cm³/mol. The first-order valence-corrected chi connectivity index (χ1v) is 5.97. The van der Waals surface area contributed by atoms with E-state index in [-0.39, 0.29) is 5.75 Å². The highest BCUT2D eigenvalue weighted by molar-refractivity contribution is 9.10. The highest BCUT2D eigenvalue weighted by Gasteiger charge is 2.10. The van der Waals surface area contributed by atoms with E-state index >= 15 is 0 Å². The van der Waals surface area contributed by atoms with Gasteiger partial charge in [0.15, 0.2) is 4.73 Å². The molecule has 0 aliphatic rings. The molecule has 0 saturated carbocycles. The first-order valence-electron chi connectivity index (χ1n) is 5.18. The van der Waals surface area contributed by atoms with Gasteiger partial charge < -0.3 is 5.11 Å². The van der Waals surface area contributed by atoms with Crippen LogP contribution >= 0.6 is 15.9 Å². The number of phenolic OH excluding ortho intramolecular Hbond substituents is 1. The largest absolute Gasteiger partial charge is 0.508 e. The minimum Gasteiger partial charge on any atom is -0.508 e. The fourth-order valence-corrected chi connectivity index (χ4v) is 2.45. The third kappa shape index (κ3) is 1.70. The lowest BCUT2D eigenvalue weighted by molar-refractivity contribution is 0.476. The van der Waals surface area contributed by atoms with E-state index < -0.39 is 0 Å². The number of nitrogens with zero attached hydrogens (tertiary/aromatic N) is 2. The van der Waals surface area contributed by atoms with Gasteiger partial charge in [-0.1, -0.05) is 18.2 Å². The van der Waals surface area contributed by atoms with E-state index in [9.17, 15) is 5.11 Å². The lowest BCUT2D eigenvalue weighted by Crippen LogP contribution is -1.93. The quantitative estimate of drug-likeness (QED) is 0.744. The Labute approximate surface area is 106 Å². The Hall–Kier alpha value is -1.81. The van der Waals surface area contributed by atoms with Crippen LogP contribution in [-0.2, 0) is 0 Å². The standard InChI is InChI=1S/C13H9BrN2O/c14-13-15-11-8-10(17)6-7-12(11)16(13)9-4-2-1-3-5-9/h1-8,17H. The van der Waals surface area contributed by atoms with Crippen molar-refractivity contribution in [3.63, 3.8) is 0 Å². The average Bonchev–Trinajstić information content (AvgIpc) is 2.65. The molecule has 1 heterocycles. The first kappa shape index (κ1) is 10.4. The van der Waals surface area contributed by atoms with Crippen LogP contribution in [0.3, 0.4) is 0 Å². The number of hydrogen-bond acceptors (Lipinski definition) is 2. The zero-order chi connectivity index (χ0) is 11.8. The molecule has 0 saturated heterocycles. The van der Waals surface area contributed by atoms with Gasteiger partial charge in [-0.15, -0.1) is 0 Å². The molecule has 0 spiro atoms. The third-order valence-corrected chi connectivity index (χ3v) is 3.14. The number of para-hydroxylation sites is 1. The molecule has 17 heavy (non-hydrogen) atoms. The predicted octanol–water partition coefficient (Wildman–Crippen LogP) is 3.49. The van der Waals surface area contributed by atoms with Crippen molar-refractivity contribution in [2.75, 3.05) is 0 Å². The summed E-state index contributed by atoms with van der Waals surface area (Å²) in [7, 11) is 0. The van der Waals surface area contributed by atoms with Crippen LogP contribution in [-0.4, -0.2) is 14.7 Å². The number of aromatic hydroxyl groups is 1. The first-order chi connectivity index (χ1) is 8.25. The Morgan fingerprint density at radius 2 is 1.82 bits per heavy atom. The van der Waals surface area contributed by atoms with E-state index in [0.717, 1.165) is 21.5 Å². The molecule has 84 valence electrons. The van der Waals surface area contributed by atoms with Gasteiger partial charge in [0.2, 0.25) is 0 Å². The molecule has 2 aromatic carbocycles. The summed E-state index contributed by atoms with van der Waals surface area (Å²) in [6.45, 7) is 0. The van der Waals surface area contributed by atoms with E-state index in [2.05, 4.69) is 20.9 Å². The average molecular weight is 289 g/mol. The highest BCUT2D eigenvalue weighted by atomic mass is 79.9. The Kier molecular flexibility index (Phi) is 2.37. The van der Waals surface area contributed by atoms with Gasteiger partial charge in [-0.3, -0.25) is 4.57 Å². The number of halogens is 1. The Morgan fingerprint density at radius 1 is 1.06 bits per heavy atom. The van der Waals surface area contributed by atoms with Crippen molar-refractivity contribution >= 4 is 27.0 Å². The van der Waals surface area contributed by atoms with E-state index in [1.165, 1.54) is 0 Å². The maximum absolute atomic E-state index is 9.44. The Bertz CT molecular complexity index is 676. The van der Waals surface area contributed by atoms with Crippen molar-refractivity contribution in [3.05, 3.63) is 53.3 Å². The van der Waals surface area contributed by atoms with Crippen LogP contribution in [0.25, 0.3) is 16.7 Å². The molecule has 0 amide bonds. The van der Waals surface area contributed by atoms with Crippen LogP contribution < -0.4 is 0 Å². The second-order valence-electron chi connectivity index (χ2n) is 3.72. The third-order valence-electron chi connectivity index (χ3n) is 2.61. The summed E-state index contributed by atoms with van der Waals surface area (Å²) in [4.78, 5) is 4.37. The SMILES string of the molecule is Oc1ccc2c(c1)nc(Br)n2-c1ccccc1. The highest BCUT2D eigenvalue weighted by Crippen LogP contribution is 2.27. The van der Waals surface area contributed by atoms with Gasteiger partial charge in [0, 0.05) is 11.8 Å². The summed E-state index contributed by atoms with van der Waals surface area (Å²) in [5.41, 5.74) is 2.76. The summed E-state index contributed by atoms with van der Waals surface area (Å²) < 4.78 is 2.72. The maximum Gasteiger partial charge on any atom is 0.182 e. The lowest BCUT2D eigenvalue weighted by atomic mass is 10.2. The zero-order valence-electron chi connectivity index (χ0n) is 8.84. The molecule has 0 atom stereocenters. The van der Waals surface area contributed by atoms with Crippen molar-refractivity contribution in [2.45, 2.75) is 0 Å². The number of fused-ring (bicyclic) bond motifs is 1. The van der Waals surface area contributed by atoms with Gasteiger partial charge in [0.05, 0.1) is 11.0 Å². The molecule has 0 fully saturated rings. The van der Waals surface area contributed by atoms with E-state index in [0.29, 0.717) is 0 Å². The number of imidazole rings is 1. The van der Waals surface area contributed by atoms with Gasteiger partial charge in [-0.05, 0) is 40.2 Å². The molecule has 0 radical (unpaired) electrons. The number of aromatic nitrogens is 2. The molecule has 3 rings (SSSR count). The molecule has 0 unspecified atom stereocenters. The molecule has 1 N–H and O–H groups in total. The number of benzene rings is 2. The van der Waals surface area contributed by atoms with Crippen LogP contribution in [0.4, 0.5) is 0 Å². The number of phenols is 1. The number of hydrogen-bond donors (Lipinski definition) is 1. The van der Waals surface area contributed by atoms with E-state index in [4.69, 9.17) is 0 Å². The second-order valence-corrected chi connectivity index (χ2v) is 4.43. The molecule has 0 aliphatic carbocycles. The summed E-state index contributed by atoms with van der Waals surface area (Å²) in [5, 5.41) is 9.44. The zero-order valence-corrected chi connectivity index (χ0v) is 10.4. The molecule has 3 aromatic rings. The van der Waals surface area contributed by atoms with Crippen molar-refractivity contribution in [2.24, 2.45) is 0 Å². The van der Waals surface area contributed by atoms with E-state index in [1.807, 2.05) is 41.0 Å².